The molecule has 1 heterocycles. The average Bonchev–Trinajstić information content (AvgIpc) is 2.24. The van der Waals surface area contributed by atoms with Crippen LogP contribution in [0.5, 0.6) is 0 Å². The third kappa shape index (κ3) is 3.80. The van der Waals surface area contributed by atoms with Crippen molar-refractivity contribution in [2.24, 2.45) is 5.92 Å². The second kappa shape index (κ2) is 5.75. The number of carbonyl (C=O) groups is 1. The number of nitrogens with zero attached hydrogens (tertiary/aromatic N) is 2. The quantitative estimate of drug-likeness (QED) is 0.756. The highest BCUT2D eigenvalue weighted by molar-refractivity contribution is 5.94. The number of hydrogen-bond donors (Lipinski definition) is 0. The highest BCUT2D eigenvalue weighted by Gasteiger charge is 2.20. The Morgan fingerprint density at radius 2 is 2.06 bits per heavy atom. The summed E-state index contributed by atoms with van der Waals surface area (Å²) in [6.07, 6.45) is 1.32. The summed E-state index contributed by atoms with van der Waals surface area (Å²) < 4.78 is 13.0. The van der Waals surface area contributed by atoms with Crippen LogP contribution in [0, 0.1) is 11.9 Å². The summed E-state index contributed by atoms with van der Waals surface area (Å²) in [7, 11) is 0. The van der Waals surface area contributed by atoms with Crippen molar-refractivity contribution < 1.29 is 9.18 Å². The SMILES string of the molecule is CC(C)CN(C(=O)c1ccnc(F)c1)C(C)C. The van der Waals surface area contributed by atoms with E-state index < -0.39 is 5.95 Å². The van der Waals surface area contributed by atoms with E-state index in [0.29, 0.717) is 18.0 Å². The predicted molar refractivity (Wildman–Crippen MR) is 65.2 cm³/mol. The molecule has 0 radical (unpaired) electrons. The molecule has 0 aliphatic carbocycles. The van der Waals surface area contributed by atoms with E-state index in [1.807, 2.05) is 13.8 Å². The molecule has 4 heteroatoms. The predicted octanol–water partition coefficient (Wildman–Crippen LogP) is 2.73. The van der Waals surface area contributed by atoms with Gasteiger partial charge in [-0.2, -0.15) is 4.39 Å². The van der Waals surface area contributed by atoms with E-state index >= 15 is 0 Å². The Bertz CT molecular complexity index is 391. The van der Waals surface area contributed by atoms with Gasteiger partial charge in [0.25, 0.3) is 5.91 Å². The van der Waals surface area contributed by atoms with Gasteiger partial charge in [0.2, 0.25) is 5.95 Å². The van der Waals surface area contributed by atoms with Gasteiger partial charge < -0.3 is 4.90 Å². The Morgan fingerprint density at radius 3 is 2.53 bits per heavy atom. The molecule has 0 fully saturated rings. The maximum absolute atomic E-state index is 13.0. The van der Waals surface area contributed by atoms with Gasteiger partial charge in [-0.1, -0.05) is 13.8 Å². The number of rotatable bonds is 4. The second-order valence-corrected chi connectivity index (χ2v) is 4.81. The van der Waals surface area contributed by atoms with Crippen molar-refractivity contribution in [3.05, 3.63) is 29.8 Å². The fourth-order valence-corrected chi connectivity index (χ4v) is 1.62. The minimum Gasteiger partial charge on any atom is -0.336 e. The topological polar surface area (TPSA) is 33.2 Å². The van der Waals surface area contributed by atoms with E-state index in [2.05, 4.69) is 18.8 Å². The molecule has 1 aromatic rings. The number of hydrogen-bond acceptors (Lipinski definition) is 2. The third-order valence-electron chi connectivity index (χ3n) is 2.42. The van der Waals surface area contributed by atoms with Crippen molar-refractivity contribution in [2.45, 2.75) is 33.7 Å². The first kappa shape index (κ1) is 13.6. The van der Waals surface area contributed by atoms with Crippen LogP contribution in [0.1, 0.15) is 38.1 Å². The van der Waals surface area contributed by atoms with Crippen molar-refractivity contribution in [2.75, 3.05) is 6.54 Å². The molecule has 0 saturated heterocycles. The van der Waals surface area contributed by atoms with Gasteiger partial charge in [0.15, 0.2) is 0 Å². The largest absolute Gasteiger partial charge is 0.336 e. The number of amides is 1. The molecule has 0 spiro atoms. The van der Waals surface area contributed by atoms with Crippen LogP contribution < -0.4 is 0 Å². The fraction of sp³-hybridized carbons (Fsp3) is 0.538. The summed E-state index contributed by atoms with van der Waals surface area (Å²) in [5.41, 5.74) is 0.354. The zero-order chi connectivity index (χ0) is 13.0. The first-order valence-electron chi connectivity index (χ1n) is 5.84. The summed E-state index contributed by atoms with van der Waals surface area (Å²) in [5.74, 6) is -0.382. The van der Waals surface area contributed by atoms with Crippen molar-refractivity contribution in [3.8, 4) is 0 Å². The second-order valence-electron chi connectivity index (χ2n) is 4.81. The molecule has 1 amide bonds. The lowest BCUT2D eigenvalue weighted by Gasteiger charge is -2.28. The minimum absolute atomic E-state index is 0.0983. The van der Waals surface area contributed by atoms with Gasteiger partial charge in [0, 0.05) is 30.4 Å². The third-order valence-corrected chi connectivity index (χ3v) is 2.42. The van der Waals surface area contributed by atoms with Gasteiger partial charge in [-0.3, -0.25) is 4.79 Å². The highest BCUT2D eigenvalue weighted by atomic mass is 19.1. The van der Waals surface area contributed by atoms with Gasteiger partial charge in [-0.15, -0.1) is 0 Å². The lowest BCUT2D eigenvalue weighted by molar-refractivity contribution is 0.0681. The first-order chi connectivity index (χ1) is 7.91. The van der Waals surface area contributed by atoms with Crippen LogP contribution in [0.25, 0.3) is 0 Å². The van der Waals surface area contributed by atoms with Crippen LogP contribution in [-0.2, 0) is 0 Å². The van der Waals surface area contributed by atoms with Gasteiger partial charge in [0.05, 0.1) is 0 Å². The van der Waals surface area contributed by atoms with Crippen molar-refractivity contribution >= 4 is 5.91 Å². The average molecular weight is 238 g/mol. The summed E-state index contributed by atoms with van der Waals surface area (Å²) in [6.45, 7) is 8.68. The number of carbonyl (C=O) groups excluding carboxylic acids is 1. The van der Waals surface area contributed by atoms with Crippen molar-refractivity contribution in [1.82, 2.24) is 9.88 Å². The molecule has 94 valence electrons. The fourth-order valence-electron chi connectivity index (χ4n) is 1.62. The first-order valence-corrected chi connectivity index (χ1v) is 5.84. The van der Waals surface area contributed by atoms with Crippen LogP contribution in [0.4, 0.5) is 4.39 Å². The highest BCUT2D eigenvalue weighted by Crippen LogP contribution is 2.11. The Balaban J connectivity index is 2.92. The Labute approximate surface area is 102 Å². The standard InChI is InChI=1S/C13H19FN2O/c1-9(2)8-16(10(3)4)13(17)11-5-6-15-12(14)7-11/h5-7,9-10H,8H2,1-4H3. The molecule has 1 rings (SSSR count). The maximum atomic E-state index is 13.0. The number of pyridine rings is 1. The molecule has 0 atom stereocenters. The van der Waals surface area contributed by atoms with E-state index in [1.165, 1.54) is 12.3 Å². The molecule has 1 aromatic heterocycles. The molecular weight excluding hydrogens is 219 g/mol. The van der Waals surface area contributed by atoms with E-state index in [0.717, 1.165) is 0 Å². The molecule has 0 unspecified atom stereocenters. The van der Waals surface area contributed by atoms with Crippen LogP contribution in [0.3, 0.4) is 0 Å². The molecule has 0 N–H and O–H groups in total. The van der Waals surface area contributed by atoms with E-state index in [4.69, 9.17) is 0 Å². The Hall–Kier alpha value is -1.45. The summed E-state index contributed by atoms with van der Waals surface area (Å²) in [4.78, 5) is 17.4. The zero-order valence-electron chi connectivity index (χ0n) is 10.8. The molecular formula is C13H19FN2O. The smallest absolute Gasteiger partial charge is 0.254 e. The van der Waals surface area contributed by atoms with Gasteiger partial charge in [-0.05, 0) is 25.8 Å². The Morgan fingerprint density at radius 1 is 1.41 bits per heavy atom. The minimum atomic E-state index is -0.621. The molecule has 17 heavy (non-hydrogen) atoms. The van der Waals surface area contributed by atoms with E-state index in [9.17, 15) is 9.18 Å². The summed E-state index contributed by atoms with van der Waals surface area (Å²) >= 11 is 0. The normalized spacial score (nSPS) is 11.0. The molecule has 3 nitrogen and oxygen atoms in total. The summed E-state index contributed by atoms with van der Waals surface area (Å²) in [5, 5.41) is 0. The zero-order valence-corrected chi connectivity index (χ0v) is 10.8. The number of aromatic nitrogens is 1. The molecule has 0 aliphatic heterocycles. The maximum Gasteiger partial charge on any atom is 0.254 e. The monoisotopic (exact) mass is 238 g/mol. The van der Waals surface area contributed by atoms with Gasteiger partial charge in [0.1, 0.15) is 0 Å². The lowest BCUT2D eigenvalue weighted by atomic mass is 10.1. The molecule has 0 aromatic carbocycles. The number of halogens is 1. The van der Waals surface area contributed by atoms with Crippen LogP contribution in [-0.4, -0.2) is 28.4 Å². The van der Waals surface area contributed by atoms with Gasteiger partial charge in [-0.25, -0.2) is 4.98 Å². The van der Waals surface area contributed by atoms with E-state index in [-0.39, 0.29) is 11.9 Å². The Kier molecular flexibility index (Phi) is 4.61. The molecule has 0 aliphatic rings. The van der Waals surface area contributed by atoms with Crippen LogP contribution in [0.2, 0.25) is 0 Å². The van der Waals surface area contributed by atoms with Crippen LogP contribution in [0.15, 0.2) is 18.3 Å². The summed E-state index contributed by atoms with van der Waals surface area (Å²) in [6, 6.07) is 2.82. The van der Waals surface area contributed by atoms with Crippen molar-refractivity contribution in [3.63, 3.8) is 0 Å². The molecule has 0 saturated carbocycles. The van der Waals surface area contributed by atoms with Gasteiger partial charge >= 0.3 is 0 Å². The van der Waals surface area contributed by atoms with E-state index in [1.54, 1.807) is 11.0 Å². The van der Waals surface area contributed by atoms with Crippen LogP contribution >= 0.6 is 0 Å². The lowest BCUT2D eigenvalue weighted by Crippen LogP contribution is -2.39. The molecule has 0 bridgehead atoms. The van der Waals surface area contributed by atoms with Crippen molar-refractivity contribution in [1.29, 1.82) is 0 Å².